The Morgan fingerprint density at radius 2 is 1.68 bits per heavy atom. The number of rotatable bonds is 7. The van der Waals surface area contributed by atoms with Crippen LogP contribution in [0.1, 0.15) is 45.8 Å². The van der Waals surface area contributed by atoms with Crippen molar-refractivity contribution >= 4 is 58.3 Å². The van der Waals surface area contributed by atoms with Gasteiger partial charge in [0.15, 0.2) is 11.7 Å². The fourth-order valence-corrected chi connectivity index (χ4v) is 4.74. The molecule has 1 aromatic heterocycles. The van der Waals surface area contributed by atoms with Crippen LogP contribution in [0.25, 0.3) is 17.3 Å². The quantitative estimate of drug-likeness (QED) is 0.252. The zero-order valence-electron chi connectivity index (χ0n) is 19.9. The van der Waals surface area contributed by atoms with Crippen molar-refractivity contribution in [3.05, 3.63) is 116 Å². The third-order valence-corrected chi connectivity index (χ3v) is 6.51. The highest BCUT2D eigenvalue weighted by molar-refractivity contribution is 6.35. The van der Waals surface area contributed by atoms with E-state index in [1.165, 1.54) is 0 Å². The number of allylic oxidation sites excluding steroid dienone is 1. The lowest BCUT2D eigenvalue weighted by Gasteiger charge is -2.14. The van der Waals surface area contributed by atoms with Crippen molar-refractivity contribution in [3.63, 3.8) is 0 Å². The van der Waals surface area contributed by atoms with Crippen LogP contribution in [-0.4, -0.2) is 26.8 Å². The maximum Gasteiger partial charge on any atom is 0.330 e. The van der Waals surface area contributed by atoms with Crippen LogP contribution < -0.4 is 5.32 Å². The summed E-state index contributed by atoms with van der Waals surface area (Å²) in [4.78, 5) is 25.3. The van der Waals surface area contributed by atoms with Gasteiger partial charge in [-0.2, -0.15) is 5.10 Å². The Morgan fingerprint density at radius 3 is 2.32 bits per heavy atom. The van der Waals surface area contributed by atoms with Gasteiger partial charge in [0.25, 0.3) is 5.91 Å². The number of amides is 1. The lowest BCUT2D eigenvalue weighted by atomic mass is 10.0. The van der Waals surface area contributed by atoms with Gasteiger partial charge in [-0.3, -0.25) is 4.79 Å². The normalized spacial score (nSPS) is 12.3. The summed E-state index contributed by atoms with van der Waals surface area (Å²) in [6, 6.07) is 19.6. The molecule has 0 fully saturated rings. The molecule has 0 saturated heterocycles. The number of carboxylic acid groups (broad SMARTS) is 1. The Labute approximate surface area is 229 Å². The molecule has 37 heavy (non-hydrogen) atoms. The molecule has 6 nitrogen and oxygen atoms in total. The molecule has 1 unspecified atom stereocenters. The second kappa shape index (κ2) is 11.2. The third-order valence-electron chi connectivity index (χ3n) is 5.74. The first-order valence-corrected chi connectivity index (χ1v) is 12.4. The minimum atomic E-state index is -1.25. The van der Waals surface area contributed by atoms with Crippen LogP contribution in [0.3, 0.4) is 0 Å². The van der Waals surface area contributed by atoms with E-state index in [2.05, 4.69) is 10.4 Å². The van der Waals surface area contributed by atoms with Crippen LogP contribution in [0.15, 0.2) is 72.8 Å². The van der Waals surface area contributed by atoms with Gasteiger partial charge in [0, 0.05) is 15.6 Å². The Balaban J connectivity index is 1.83. The molecule has 188 valence electrons. The van der Waals surface area contributed by atoms with E-state index >= 15 is 0 Å². The summed E-state index contributed by atoms with van der Waals surface area (Å²) in [5.74, 6) is -1.82. The number of benzene rings is 3. The van der Waals surface area contributed by atoms with Gasteiger partial charge < -0.3 is 10.4 Å². The number of hydrogen-bond donors (Lipinski definition) is 2. The molecular weight excluding hydrogens is 533 g/mol. The van der Waals surface area contributed by atoms with Crippen LogP contribution in [0, 0.1) is 6.92 Å². The molecule has 1 atom stereocenters. The van der Waals surface area contributed by atoms with Gasteiger partial charge in [0.1, 0.15) is 0 Å². The van der Waals surface area contributed by atoms with Gasteiger partial charge in [-0.25, -0.2) is 9.48 Å². The van der Waals surface area contributed by atoms with Gasteiger partial charge in [-0.15, -0.1) is 0 Å². The number of aliphatic carboxylic acids is 1. The first kappa shape index (κ1) is 26.5. The van der Waals surface area contributed by atoms with Crippen LogP contribution in [0.5, 0.6) is 0 Å². The highest BCUT2D eigenvalue weighted by Gasteiger charge is 2.28. The number of halogens is 3. The number of hydrogen-bond acceptors (Lipinski definition) is 3. The average Bonchev–Trinajstić information content (AvgIpc) is 3.19. The maximum absolute atomic E-state index is 13.4. The molecule has 0 radical (unpaired) electrons. The summed E-state index contributed by atoms with van der Waals surface area (Å²) in [6.45, 7) is 3.64. The van der Waals surface area contributed by atoms with E-state index in [4.69, 9.17) is 34.8 Å². The van der Waals surface area contributed by atoms with Crippen LogP contribution in [-0.2, 0) is 4.79 Å². The van der Waals surface area contributed by atoms with Gasteiger partial charge >= 0.3 is 5.97 Å². The first-order valence-electron chi connectivity index (χ1n) is 11.2. The SMILES string of the molecule is CC(=Cc1cccc(Cl)c1)c1c(C)c(C(=O)NC(C(=O)O)c2ccccc2)nn1-c1ccc(Cl)cc1Cl. The van der Waals surface area contributed by atoms with Crippen molar-refractivity contribution in [2.45, 2.75) is 19.9 Å². The van der Waals surface area contributed by atoms with Crippen molar-refractivity contribution in [1.82, 2.24) is 15.1 Å². The molecule has 0 aliphatic heterocycles. The number of nitrogens with one attached hydrogen (secondary N) is 1. The molecule has 1 heterocycles. The lowest BCUT2D eigenvalue weighted by molar-refractivity contribution is -0.139. The Hall–Kier alpha value is -3.58. The summed E-state index contributed by atoms with van der Waals surface area (Å²) in [7, 11) is 0. The second-order valence-corrected chi connectivity index (χ2v) is 9.65. The van der Waals surface area contributed by atoms with Gasteiger partial charge in [0.05, 0.1) is 16.4 Å². The fourth-order valence-electron chi connectivity index (χ4n) is 4.05. The molecule has 0 aliphatic rings. The minimum absolute atomic E-state index is 0.0713. The van der Waals surface area contributed by atoms with Crippen LogP contribution >= 0.6 is 34.8 Å². The predicted octanol–water partition coefficient (Wildman–Crippen LogP) is 7.26. The van der Waals surface area contributed by atoms with E-state index < -0.39 is 17.9 Å². The monoisotopic (exact) mass is 553 g/mol. The zero-order valence-corrected chi connectivity index (χ0v) is 22.1. The smallest absolute Gasteiger partial charge is 0.330 e. The molecule has 0 aliphatic carbocycles. The van der Waals surface area contributed by atoms with Crippen molar-refractivity contribution in [2.75, 3.05) is 0 Å². The summed E-state index contributed by atoms with van der Waals surface area (Å²) in [5, 5.41) is 18.3. The van der Waals surface area contributed by atoms with Crippen LogP contribution in [0.2, 0.25) is 15.1 Å². The van der Waals surface area contributed by atoms with Gasteiger partial charge in [0.2, 0.25) is 0 Å². The van der Waals surface area contributed by atoms with Crippen molar-refractivity contribution in [2.24, 2.45) is 0 Å². The molecule has 0 saturated carbocycles. The Morgan fingerprint density at radius 1 is 0.973 bits per heavy atom. The van der Waals surface area contributed by atoms with Crippen LogP contribution in [0.4, 0.5) is 0 Å². The van der Waals surface area contributed by atoms with E-state index in [9.17, 15) is 14.7 Å². The van der Waals surface area contributed by atoms with Gasteiger partial charge in [-0.1, -0.05) is 77.3 Å². The molecule has 0 spiro atoms. The zero-order chi connectivity index (χ0) is 26.7. The third kappa shape index (κ3) is 5.88. The number of nitrogens with zero attached hydrogens (tertiary/aromatic N) is 2. The lowest BCUT2D eigenvalue weighted by Crippen LogP contribution is -2.34. The molecule has 1 amide bonds. The molecule has 2 N–H and O–H groups in total. The minimum Gasteiger partial charge on any atom is -0.479 e. The maximum atomic E-state index is 13.4. The van der Waals surface area contributed by atoms with E-state index in [-0.39, 0.29) is 5.69 Å². The largest absolute Gasteiger partial charge is 0.479 e. The van der Waals surface area contributed by atoms with E-state index in [1.54, 1.807) is 66.2 Å². The topological polar surface area (TPSA) is 84.2 Å². The second-order valence-electron chi connectivity index (χ2n) is 8.37. The van der Waals surface area contributed by atoms with Gasteiger partial charge in [-0.05, 0) is 67.0 Å². The highest BCUT2D eigenvalue weighted by Crippen LogP contribution is 2.31. The van der Waals surface area contributed by atoms with E-state index in [0.717, 1.165) is 11.1 Å². The molecule has 9 heteroatoms. The molecule has 0 bridgehead atoms. The number of carboxylic acids is 1. The highest BCUT2D eigenvalue weighted by atomic mass is 35.5. The molecule has 3 aromatic carbocycles. The summed E-state index contributed by atoms with van der Waals surface area (Å²) < 4.78 is 1.57. The van der Waals surface area contributed by atoms with E-state index in [0.29, 0.717) is 37.6 Å². The van der Waals surface area contributed by atoms with Crippen molar-refractivity contribution < 1.29 is 14.7 Å². The Bertz CT molecular complexity index is 1510. The Kier molecular flexibility index (Phi) is 8.03. The summed E-state index contributed by atoms with van der Waals surface area (Å²) in [5.41, 5.74) is 3.85. The molecular formula is C28H22Cl3N3O3. The fraction of sp³-hybridized carbons (Fsp3) is 0.107. The van der Waals surface area contributed by atoms with Crippen molar-refractivity contribution in [3.8, 4) is 5.69 Å². The molecule has 4 aromatic rings. The predicted molar refractivity (Wildman–Crippen MR) is 148 cm³/mol. The van der Waals surface area contributed by atoms with Crippen molar-refractivity contribution in [1.29, 1.82) is 0 Å². The number of carbonyl (C=O) groups excluding carboxylic acids is 1. The number of carbonyl (C=O) groups is 2. The molecule has 4 rings (SSSR count). The average molecular weight is 555 g/mol. The summed E-state index contributed by atoms with van der Waals surface area (Å²) >= 11 is 18.8. The summed E-state index contributed by atoms with van der Waals surface area (Å²) in [6.07, 6.45) is 1.92. The first-order chi connectivity index (χ1) is 17.7. The number of aromatic nitrogens is 2. The van der Waals surface area contributed by atoms with E-state index in [1.807, 2.05) is 31.2 Å². The standard InChI is InChI=1S/C28H22Cl3N3O3/c1-16(13-18-7-6-10-20(29)14-18)26-17(2)24(33-34(26)23-12-11-21(30)15-22(23)31)27(35)32-25(28(36)37)19-8-4-3-5-9-19/h3-15,25H,1-2H3,(H,32,35)(H,36,37).